The number of hydrogen-bond donors (Lipinski definition) is 1. The first-order valence-electron chi connectivity index (χ1n) is 7.88. The van der Waals surface area contributed by atoms with Crippen LogP contribution in [0.1, 0.15) is 44.0 Å². The van der Waals surface area contributed by atoms with Crippen LogP contribution in [0, 0.1) is 5.92 Å². The molecule has 2 aromatic heterocycles. The zero-order chi connectivity index (χ0) is 15.4. The van der Waals surface area contributed by atoms with Crippen LogP contribution < -0.4 is 5.32 Å². The Morgan fingerprint density at radius 1 is 1.41 bits per heavy atom. The van der Waals surface area contributed by atoms with Crippen LogP contribution in [0.15, 0.2) is 24.4 Å². The van der Waals surface area contributed by atoms with E-state index in [-0.39, 0.29) is 17.9 Å². The largest absolute Gasteiger partial charge is 0.346 e. The van der Waals surface area contributed by atoms with Crippen molar-refractivity contribution in [1.82, 2.24) is 19.9 Å². The molecular weight excluding hydrogens is 296 g/mol. The molecule has 22 heavy (non-hydrogen) atoms. The number of hydrogen-bond acceptors (Lipinski definition) is 4. The summed E-state index contributed by atoms with van der Waals surface area (Å²) in [4.78, 5) is 12.5. The van der Waals surface area contributed by atoms with E-state index in [4.69, 9.17) is 0 Å². The highest BCUT2D eigenvalue weighted by molar-refractivity contribution is 7.98. The quantitative estimate of drug-likeness (QED) is 0.890. The van der Waals surface area contributed by atoms with Crippen LogP contribution in [-0.2, 0) is 4.79 Å². The summed E-state index contributed by atoms with van der Waals surface area (Å²) in [5, 5.41) is 11.7. The third-order valence-electron chi connectivity index (χ3n) is 4.30. The Morgan fingerprint density at radius 3 is 3.00 bits per heavy atom. The molecular formula is C16H22N4OS. The molecule has 1 aliphatic carbocycles. The Balaban J connectivity index is 1.80. The lowest BCUT2D eigenvalue weighted by Gasteiger charge is -2.19. The fourth-order valence-electron chi connectivity index (χ4n) is 3.08. The summed E-state index contributed by atoms with van der Waals surface area (Å²) in [7, 11) is 0. The van der Waals surface area contributed by atoms with Gasteiger partial charge in [0.1, 0.15) is 0 Å². The molecule has 0 aliphatic heterocycles. The summed E-state index contributed by atoms with van der Waals surface area (Å²) in [6.45, 7) is 0. The lowest BCUT2D eigenvalue weighted by Crippen LogP contribution is -2.34. The number of aromatic nitrogens is 3. The summed E-state index contributed by atoms with van der Waals surface area (Å²) >= 11 is 1.78. The average molecular weight is 318 g/mol. The van der Waals surface area contributed by atoms with Crippen molar-refractivity contribution in [2.75, 3.05) is 12.0 Å². The number of pyridine rings is 1. The average Bonchev–Trinajstić information content (AvgIpc) is 3.20. The molecule has 5 nitrogen and oxygen atoms in total. The third kappa shape index (κ3) is 3.27. The molecule has 0 radical (unpaired) electrons. The van der Waals surface area contributed by atoms with Crippen molar-refractivity contribution < 1.29 is 4.79 Å². The lowest BCUT2D eigenvalue weighted by atomic mass is 10.1. The van der Waals surface area contributed by atoms with Crippen molar-refractivity contribution in [3.8, 4) is 0 Å². The van der Waals surface area contributed by atoms with Gasteiger partial charge in [-0.2, -0.15) is 11.8 Å². The molecule has 2 heterocycles. The van der Waals surface area contributed by atoms with Crippen molar-refractivity contribution in [3.05, 3.63) is 30.2 Å². The van der Waals surface area contributed by atoms with Gasteiger partial charge < -0.3 is 5.32 Å². The smallest absolute Gasteiger partial charge is 0.223 e. The highest BCUT2D eigenvalue weighted by Gasteiger charge is 2.27. The summed E-state index contributed by atoms with van der Waals surface area (Å²) in [5.74, 6) is 2.17. The molecule has 118 valence electrons. The molecule has 0 unspecified atom stereocenters. The van der Waals surface area contributed by atoms with Crippen molar-refractivity contribution in [2.45, 2.75) is 38.1 Å². The molecule has 1 atom stereocenters. The van der Waals surface area contributed by atoms with E-state index in [2.05, 4.69) is 21.8 Å². The predicted octanol–water partition coefficient (Wildman–Crippen LogP) is 2.83. The van der Waals surface area contributed by atoms with Gasteiger partial charge in [0.15, 0.2) is 11.5 Å². The van der Waals surface area contributed by atoms with Crippen LogP contribution >= 0.6 is 11.8 Å². The maximum absolute atomic E-state index is 12.5. The summed E-state index contributed by atoms with van der Waals surface area (Å²) in [6, 6.07) is 5.77. The lowest BCUT2D eigenvalue weighted by molar-refractivity contribution is -0.125. The molecule has 0 bridgehead atoms. The van der Waals surface area contributed by atoms with Gasteiger partial charge in [-0.05, 0) is 43.4 Å². The molecule has 0 spiro atoms. The van der Waals surface area contributed by atoms with E-state index in [9.17, 15) is 4.79 Å². The van der Waals surface area contributed by atoms with Crippen LogP contribution in [0.4, 0.5) is 0 Å². The minimum Gasteiger partial charge on any atom is -0.346 e. The highest BCUT2D eigenvalue weighted by atomic mass is 32.2. The molecule has 3 rings (SSSR count). The van der Waals surface area contributed by atoms with Crippen LogP contribution in [-0.4, -0.2) is 32.5 Å². The second-order valence-electron chi connectivity index (χ2n) is 5.81. The molecule has 2 aromatic rings. The number of rotatable bonds is 6. The fraction of sp³-hybridized carbons (Fsp3) is 0.562. The molecule has 6 heteroatoms. The molecule has 0 saturated heterocycles. The Bertz CT molecular complexity index is 636. The second-order valence-corrected chi connectivity index (χ2v) is 6.80. The van der Waals surface area contributed by atoms with Crippen molar-refractivity contribution >= 4 is 23.3 Å². The Kier molecular flexibility index (Phi) is 4.97. The number of nitrogens with zero attached hydrogens (tertiary/aromatic N) is 3. The number of fused-ring (bicyclic) bond motifs is 1. The van der Waals surface area contributed by atoms with Gasteiger partial charge in [-0.1, -0.05) is 18.9 Å². The topological polar surface area (TPSA) is 59.3 Å². The standard InChI is InChI=1S/C16H22N4OS/c1-22-11-9-13(17-16(21)12-6-2-3-7-12)15-19-18-14-8-4-5-10-20(14)15/h4-5,8,10,12-13H,2-3,6-7,9,11H2,1H3,(H,17,21)/t13-/m1/s1. The van der Waals surface area contributed by atoms with E-state index >= 15 is 0 Å². The van der Waals surface area contributed by atoms with Crippen molar-refractivity contribution in [1.29, 1.82) is 0 Å². The normalized spacial score (nSPS) is 17.0. The van der Waals surface area contributed by atoms with E-state index in [1.807, 2.05) is 28.8 Å². The molecule has 0 aromatic carbocycles. The number of amides is 1. The van der Waals surface area contributed by atoms with Gasteiger partial charge in [0.05, 0.1) is 6.04 Å². The number of carbonyl (C=O) groups excluding carboxylic acids is 1. The Morgan fingerprint density at radius 2 is 2.23 bits per heavy atom. The maximum atomic E-state index is 12.5. The van der Waals surface area contributed by atoms with E-state index in [1.165, 1.54) is 12.8 Å². The van der Waals surface area contributed by atoms with Gasteiger partial charge in [-0.3, -0.25) is 9.20 Å². The first-order valence-corrected chi connectivity index (χ1v) is 9.28. The van der Waals surface area contributed by atoms with Crippen LogP contribution in [0.3, 0.4) is 0 Å². The Hall–Kier alpha value is -1.56. The molecule has 1 fully saturated rings. The predicted molar refractivity (Wildman–Crippen MR) is 88.8 cm³/mol. The van der Waals surface area contributed by atoms with Gasteiger partial charge in [0.25, 0.3) is 0 Å². The van der Waals surface area contributed by atoms with E-state index in [0.29, 0.717) is 0 Å². The first-order chi connectivity index (χ1) is 10.8. The van der Waals surface area contributed by atoms with Crippen molar-refractivity contribution in [2.24, 2.45) is 5.92 Å². The first kappa shape index (κ1) is 15.3. The zero-order valence-electron chi connectivity index (χ0n) is 12.9. The zero-order valence-corrected chi connectivity index (χ0v) is 13.7. The summed E-state index contributed by atoms with van der Waals surface area (Å²) in [5.41, 5.74) is 0.821. The van der Waals surface area contributed by atoms with Gasteiger partial charge in [-0.15, -0.1) is 10.2 Å². The minimum atomic E-state index is -0.0713. The van der Waals surface area contributed by atoms with Crippen molar-refractivity contribution in [3.63, 3.8) is 0 Å². The maximum Gasteiger partial charge on any atom is 0.223 e. The number of carbonyl (C=O) groups is 1. The number of thioether (sulfide) groups is 1. The van der Waals surface area contributed by atoms with Gasteiger partial charge in [-0.25, -0.2) is 0 Å². The molecule has 1 amide bonds. The molecule has 1 saturated carbocycles. The number of nitrogens with one attached hydrogen (secondary N) is 1. The molecule has 1 aliphatic rings. The van der Waals surface area contributed by atoms with Crippen LogP contribution in [0.5, 0.6) is 0 Å². The Labute approximate surface area is 134 Å². The van der Waals surface area contributed by atoms with Crippen LogP contribution in [0.2, 0.25) is 0 Å². The second kappa shape index (κ2) is 7.13. The highest BCUT2D eigenvalue weighted by Crippen LogP contribution is 2.26. The monoisotopic (exact) mass is 318 g/mol. The van der Waals surface area contributed by atoms with Crippen LogP contribution in [0.25, 0.3) is 5.65 Å². The molecule has 1 N–H and O–H groups in total. The van der Waals surface area contributed by atoms with E-state index < -0.39 is 0 Å². The van der Waals surface area contributed by atoms with E-state index in [0.717, 1.165) is 36.5 Å². The minimum absolute atomic E-state index is 0.0713. The SMILES string of the molecule is CSCC[C@@H](NC(=O)C1CCCC1)c1nnc2ccccn12. The van der Waals surface area contributed by atoms with Gasteiger partial charge in [0, 0.05) is 12.1 Å². The summed E-state index contributed by atoms with van der Waals surface area (Å²) in [6.07, 6.45) is 9.28. The van der Waals surface area contributed by atoms with E-state index in [1.54, 1.807) is 11.8 Å². The fourth-order valence-corrected chi connectivity index (χ4v) is 3.55. The van der Waals surface area contributed by atoms with Gasteiger partial charge in [0.2, 0.25) is 5.91 Å². The van der Waals surface area contributed by atoms with Gasteiger partial charge >= 0.3 is 0 Å². The summed E-state index contributed by atoms with van der Waals surface area (Å²) < 4.78 is 1.97. The third-order valence-corrected chi connectivity index (χ3v) is 4.95.